The summed E-state index contributed by atoms with van der Waals surface area (Å²) in [5, 5.41) is 8.69. The zero-order valence-corrected chi connectivity index (χ0v) is 10.8. The van der Waals surface area contributed by atoms with Gasteiger partial charge in [0.15, 0.2) is 0 Å². The molecular weight excluding hydrogens is 210 g/mol. The average molecular weight is 233 g/mol. The van der Waals surface area contributed by atoms with Crippen LogP contribution in [0.2, 0.25) is 0 Å². The first-order chi connectivity index (χ1) is 6.95. The smallest absolute Gasteiger partial charge is 0.321 e. The van der Waals surface area contributed by atoms with Gasteiger partial charge >= 0.3 is 5.97 Å². The van der Waals surface area contributed by atoms with Gasteiger partial charge in [0.25, 0.3) is 0 Å². The lowest BCUT2D eigenvalue weighted by Gasteiger charge is -2.28. The van der Waals surface area contributed by atoms with Crippen LogP contribution in [0.25, 0.3) is 0 Å². The van der Waals surface area contributed by atoms with Gasteiger partial charge in [0.1, 0.15) is 6.04 Å². The number of carboxylic acids is 1. The number of unbranched alkanes of at least 4 members (excludes halogenated alkanes) is 1. The molecule has 4 heteroatoms. The first kappa shape index (κ1) is 14.8. The average Bonchev–Trinajstić information content (AvgIpc) is 2.22. The van der Waals surface area contributed by atoms with E-state index < -0.39 is 12.0 Å². The van der Waals surface area contributed by atoms with Crippen molar-refractivity contribution in [1.29, 1.82) is 0 Å². The van der Waals surface area contributed by atoms with Crippen molar-refractivity contribution in [1.82, 2.24) is 0 Å². The summed E-state index contributed by atoms with van der Waals surface area (Å²) in [5.74, 6) is -0.403. The molecule has 0 aliphatic heterocycles. The Morgan fingerprint density at radius 3 is 2.53 bits per heavy atom. The summed E-state index contributed by atoms with van der Waals surface area (Å²) < 4.78 is 0.184. The summed E-state index contributed by atoms with van der Waals surface area (Å²) in [6.45, 7) is 6.51. The standard InChI is InChI=1S/C11H23NO2S/c1-4-6-7-11(3,5-2)15-8-9(12)10(13)14/h9H,4-8,12H2,1-3H3,(H,13,14). The second-order valence-electron chi connectivity index (χ2n) is 4.16. The van der Waals surface area contributed by atoms with Gasteiger partial charge in [-0.25, -0.2) is 0 Å². The van der Waals surface area contributed by atoms with Crippen LogP contribution in [-0.4, -0.2) is 27.6 Å². The molecule has 0 saturated heterocycles. The molecule has 0 bridgehead atoms. The van der Waals surface area contributed by atoms with Crippen molar-refractivity contribution in [3.63, 3.8) is 0 Å². The predicted molar refractivity (Wildman–Crippen MR) is 66.3 cm³/mol. The zero-order valence-electron chi connectivity index (χ0n) is 9.95. The molecule has 0 saturated carbocycles. The molecule has 0 aromatic carbocycles. The molecule has 0 fully saturated rings. The molecule has 15 heavy (non-hydrogen) atoms. The molecular formula is C11H23NO2S. The largest absolute Gasteiger partial charge is 0.480 e. The van der Waals surface area contributed by atoms with Gasteiger partial charge < -0.3 is 10.8 Å². The van der Waals surface area contributed by atoms with E-state index in [1.54, 1.807) is 11.8 Å². The van der Waals surface area contributed by atoms with Gasteiger partial charge in [-0.05, 0) is 12.8 Å². The number of carboxylic acid groups (broad SMARTS) is 1. The second-order valence-corrected chi connectivity index (χ2v) is 5.77. The quantitative estimate of drug-likeness (QED) is 0.676. The van der Waals surface area contributed by atoms with Gasteiger partial charge in [0.2, 0.25) is 0 Å². The number of carbonyl (C=O) groups is 1. The maximum absolute atomic E-state index is 10.6. The lowest BCUT2D eigenvalue weighted by molar-refractivity contribution is -0.137. The SMILES string of the molecule is CCCCC(C)(CC)SCC(N)C(=O)O. The minimum absolute atomic E-state index is 0.184. The molecule has 0 aromatic rings. The highest BCUT2D eigenvalue weighted by Gasteiger charge is 2.24. The van der Waals surface area contributed by atoms with Crippen molar-refractivity contribution in [3.8, 4) is 0 Å². The molecule has 0 aliphatic carbocycles. The lowest BCUT2D eigenvalue weighted by atomic mass is 10.0. The summed E-state index contributed by atoms with van der Waals surface area (Å²) >= 11 is 1.69. The number of thioether (sulfide) groups is 1. The maximum Gasteiger partial charge on any atom is 0.321 e. The molecule has 0 rings (SSSR count). The Balaban J connectivity index is 4.02. The highest BCUT2D eigenvalue weighted by atomic mass is 32.2. The van der Waals surface area contributed by atoms with Crippen molar-refractivity contribution in [2.75, 3.05) is 5.75 Å². The third-order valence-electron chi connectivity index (χ3n) is 2.74. The summed E-state index contributed by atoms with van der Waals surface area (Å²) in [7, 11) is 0. The number of aliphatic carboxylic acids is 1. The Morgan fingerprint density at radius 2 is 2.13 bits per heavy atom. The Labute approximate surface area is 96.8 Å². The normalized spacial score (nSPS) is 17.1. The fourth-order valence-electron chi connectivity index (χ4n) is 1.26. The van der Waals surface area contributed by atoms with Crippen LogP contribution in [0.5, 0.6) is 0 Å². The third kappa shape index (κ3) is 6.05. The van der Waals surface area contributed by atoms with E-state index in [0.717, 1.165) is 12.8 Å². The minimum atomic E-state index is -0.906. The number of nitrogens with two attached hydrogens (primary N) is 1. The van der Waals surface area contributed by atoms with Gasteiger partial charge in [0.05, 0.1) is 0 Å². The molecule has 0 spiro atoms. The molecule has 0 radical (unpaired) electrons. The number of hydrogen-bond donors (Lipinski definition) is 2. The topological polar surface area (TPSA) is 63.3 Å². The van der Waals surface area contributed by atoms with Gasteiger partial charge in [-0.1, -0.05) is 33.6 Å². The third-order valence-corrected chi connectivity index (χ3v) is 4.45. The first-order valence-electron chi connectivity index (χ1n) is 5.57. The van der Waals surface area contributed by atoms with Crippen molar-refractivity contribution in [2.24, 2.45) is 5.73 Å². The van der Waals surface area contributed by atoms with Crippen LogP contribution in [0.15, 0.2) is 0 Å². The van der Waals surface area contributed by atoms with E-state index in [1.165, 1.54) is 12.8 Å². The van der Waals surface area contributed by atoms with Crippen molar-refractivity contribution in [2.45, 2.75) is 57.2 Å². The molecule has 2 unspecified atom stereocenters. The van der Waals surface area contributed by atoms with E-state index in [2.05, 4.69) is 20.8 Å². The van der Waals surface area contributed by atoms with Crippen molar-refractivity contribution in [3.05, 3.63) is 0 Å². The minimum Gasteiger partial charge on any atom is -0.480 e. The Bertz CT molecular complexity index is 199. The lowest BCUT2D eigenvalue weighted by Crippen LogP contribution is -2.34. The summed E-state index contributed by atoms with van der Waals surface area (Å²) in [4.78, 5) is 10.6. The fourth-order valence-corrected chi connectivity index (χ4v) is 2.48. The Kier molecular flexibility index (Phi) is 7.02. The maximum atomic E-state index is 10.6. The highest BCUT2D eigenvalue weighted by Crippen LogP contribution is 2.33. The van der Waals surface area contributed by atoms with E-state index in [-0.39, 0.29) is 4.75 Å². The van der Waals surface area contributed by atoms with Crippen LogP contribution in [0.3, 0.4) is 0 Å². The van der Waals surface area contributed by atoms with Crippen molar-refractivity contribution < 1.29 is 9.90 Å². The summed E-state index contributed by atoms with van der Waals surface area (Å²) in [6.07, 6.45) is 4.57. The Hall–Kier alpha value is -0.220. The van der Waals surface area contributed by atoms with E-state index in [9.17, 15) is 4.79 Å². The molecule has 3 nitrogen and oxygen atoms in total. The van der Waals surface area contributed by atoms with Crippen LogP contribution in [-0.2, 0) is 4.79 Å². The zero-order chi connectivity index (χ0) is 11.9. The monoisotopic (exact) mass is 233 g/mol. The van der Waals surface area contributed by atoms with Gasteiger partial charge in [-0.3, -0.25) is 4.79 Å². The molecule has 0 amide bonds. The Morgan fingerprint density at radius 1 is 1.53 bits per heavy atom. The van der Waals surface area contributed by atoms with E-state index in [4.69, 9.17) is 10.8 Å². The fraction of sp³-hybridized carbons (Fsp3) is 0.909. The molecule has 0 aromatic heterocycles. The van der Waals surface area contributed by atoms with Crippen LogP contribution in [0, 0.1) is 0 Å². The molecule has 90 valence electrons. The van der Waals surface area contributed by atoms with Crippen LogP contribution in [0.1, 0.15) is 46.5 Å². The van der Waals surface area contributed by atoms with Gasteiger partial charge in [0, 0.05) is 10.5 Å². The van der Waals surface area contributed by atoms with Gasteiger partial charge in [-0.2, -0.15) is 11.8 Å². The van der Waals surface area contributed by atoms with E-state index >= 15 is 0 Å². The molecule has 0 heterocycles. The number of hydrogen-bond acceptors (Lipinski definition) is 3. The van der Waals surface area contributed by atoms with E-state index in [0.29, 0.717) is 5.75 Å². The van der Waals surface area contributed by atoms with Crippen LogP contribution >= 0.6 is 11.8 Å². The van der Waals surface area contributed by atoms with Crippen LogP contribution in [0.4, 0.5) is 0 Å². The highest BCUT2D eigenvalue weighted by molar-refractivity contribution is 8.00. The molecule has 0 aliphatic rings. The summed E-state index contributed by atoms with van der Waals surface area (Å²) in [6, 6.07) is -0.734. The second kappa shape index (κ2) is 7.12. The molecule has 3 N–H and O–H groups in total. The number of rotatable bonds is 8. The van der Waals surface area contributed by atoms with Crippen LogP contribution < -0.4 is 5.73 Å². The molecule has 2 atom stereocenters. The predicted octanol–water partition coefficient (Wildman–Crippen LogP) is 2.49. The first-order valence-corrected chi connectivity index (χ1v) is 6.56. The van der Waals surface area contributed by atoms with E-state index in [1.807, 2.05) is 0 Å². The summed E-state index contributed by atoms with van der Waals surface area (Å²) in [5.41, 5.74) is 5.49. The van der Waals surface area contributed by atoms with Gasteiger partial charge in [-0.15, -0.1) is 0 Å². The van der Waals surface area contributed by atoms with Crippen molar-refractivity contribution >= 4 is 17.7 Å².